The van der Waals surface area contributed by atoms with Crippen LogP contribution in [-0.2, 0) is 14.3 Å². The molecule has 7 heteroatoms. The molecule has 0 aliphatic heterocycles. The highest BCUT2D eigenvalue weighted by Crippen LogP contribution is 2.68. The lowest BCUT2D eigenvalue weighted by Gasteiger charge is -2.61. The van der Waals surface area contributed by atoms with Gasteiger partial charge in [-0.25, -0.2) is 0 Å². The van der Waals surface area contributed by atoms with Crippen molar-refractivity contribution >= 4 is 5.78 Å². The smallest absolute Gasteiger partial charge is 0.159 e. The Hall–Kier alpha value is -0.830. The lowest BCUT2D eigenvalue weighted by Crippen LogP contribution is -2.63. The van der Waals surface area contributed by atoms with Crippen LogP contribution in [0, 0.1) is 28.6 Å². The van der Waals surface area contributed by atoms with E-state index in [1.54, 1.807) is 34.1 Å². The van der Waals surface area contributed by atoms with Gasteiger partial charge in [-0.2, -0.15) is 0 Å². The third kappa shape index (κ3) is 4.13. The van der Waals surface area contributed by atoms with E-state index in [9.17, 15) is 25.2 Å². The molecule has 0 radical (unpaired) electrons. The summed E-state index contributed by atoms with van der Waals surface area (Å²) in [6.45, 7) is 9.52. The zero-order chi connectivity index (χ0) is 26.9. The number of ketones is 1. The number of methoxy groups -OCH3 is 2. The number of allylic oxidation sites excluding steroid dienone is 1. The summed E-state index contributed by atoms with van der Waals surface area (Å²) in [7, 11) is 3.20. The molecule has 10 atom stereocenters. The molecule has 0 aromatic heterocycles. The van der Waals surface area contributed by atoms with Crippen molar-refractivity contribution in [2.24, 2.45) is 28.6 Å². The minimum atomic E-state index is -1.21. The van der Waals surface area contributed by atoms with Crippen LogP contribution in [0.3, 0.4) is 0 Å². The largest absolute Gasteiger partial charge is 0.390 e. The van der Waals surface area contributed by atoms with Gasteiger partial charge >= 0.3 is 0 Å². The summed E-state index contributed by atoms with van der Waals surface area (Å²) < 4.78 is 11.4. The number of fused-ring (bicyclic) bond motifs is 5. The second kappa shape index (κ2) is 9.13. The van der Waals surface area contributed by atoms with Gasteiger partial charge in [-0.15, -0.1) is 0 Å². The number of hydrogen-bond acceptors (Lipinski definition) is 7. The lowest BCUT2D eigenvalue weighted by atomic mass is 9.45. The van der Waals surface area contributed by atoms with Crippen LogP contribution in [0.15, 0.2) is 11.6 Å². The maximum atomic E-state index is 13.4. The first-order valence-corrected chi connectivity index (χ1v) is 13.7. The third-order valence-corrected chi connectivity index (χ3v) is 11.1. The van der Waals surface area contributed by atoms with Crippen molar-refractivity contribution in [1.82, 2.24) is 0 Å². The van der Waals surface area contributed by atoms with E-state index in [-0.39, 0.29) is 35.1 Å². The van der Waals surface area contributed by atoms with E-state index in [2.05, 4.69) is 13.8 Å². The number of carbonyl (C=O) groups is 1. The van der Waals surface area contributed by atoms with Gasteiger partial charge in [0, 0.05) is 25.6 Å². The summed E-state index contributed by atoms with van der Waals surface area (Å²) in [5, 5.41) is 45.2. The highest BCUT2D eigenvalue weighted by molar-refractivity contribution is 5.95. The molecular weight excluding hydrogens is 460 g/mol. The van der Waals surface area contributed by atoms with E-state index in [0.717, 1.165) is 18.4 Å². The monoisotopic (exact) mass is 508 g/mol. The summed E-state index contributed by atoms with van der Waals surface area (Å²) in [5.74, 6) is -0.490. The predicted octanol–water partition coefficient (Wildman–Crippen LogP) is 3.16. The molecule has 4 aliphatic carbocycles. The van der Waals surface area contributed by atoms with Crippen LogP contribution >= 0.6 is 0 Å². The molecule has 3 saturated carbocycles. The van der Waals surface area contributed by atoms with Crippen LogP contribution in [0.25, 0.3) is 0 Å². The lowest BCUT2D eigenvalue weighted by molar-refractivity contribution is -0.182. The summed E-state index contributed by atoms with van der Waals surface area (Å²) >= 11 is 0. The SMILES string of the molecule is CO[C@H]1C[C@]2(C)C3CC[C@]4(C)C([C@](C)(O)[C@@H](CCC(C)(C)O)OC)CC[C@@]4(O)C3=CC(=O)[C@@H]2C[C@H]1O. The first-order chi connectivity index (χ1) is 16.5. The Labute approximate surface area is 216 Å². The van der Waals surface area contributed by atoms with Gasteiger partial charge in [0.1, 0.15) is 0 Å². The molecule has 0 aromatic carbocycles. The molecule has 0 saturated heterocycles. The second-order valence-electron chi connectivity index (χ2n) is 13.6. The van der Waals surface area contributed by atoms with Gasteiger partial charge in [0.05, 0.1) is 35.1 Å². The minimum absolute atomic E-state index is 0.00909. The summed E-state index contributed by atoms with van der Waals surface area (Å²) in [5.41, 5.74) is -3.47. The zero-order valence-corrected chi connectivity index (χ0v) is 23.2. The first-order valence-electron chi connectivity index (χ1n) is 13.7. The fourth-order valence-electron chi connectivity index (χ4n) is 8.88. The Kier molecular flexibility index (Phi) is 7.15. The molecule has 36 heavy (non-hydrogen) atoms. The fourth-order valence-corrected chi connectivity index (χ4v) is 8.88. The quantitative estimate of drug-likeness (QED) is 0.417. The molecule has 0 bridgehead atoms. The fraction of sp³-hybridized carbons (Fsp3) is 0.897. The van der Waals surface area contributed by atoms with E-state index >= 15 is 0 Å². The summed E-state index contributed by atoms with van der Waals surface area (Å²) in [4.78, 5) is 13.4. The van der Waals surface area contributed by atoms with Crippen LogP contribution in [0.5, 0.6) is 0 Å². The van der Waals surface area contributed by atoms with Crippen molar-refractivity contribution in [3.63, 3.8) is 0 Å². The average Bonchev–Trinajstić information content (AvgIpc) is 3.06. The van der Waals surface area contributed by atoms with Crippen molar-refractivity contribution < 1.29 is 34.7 Å². The van der Waals surface area contributed by atoms with Crippen LogP contribution < -0.4 is 0 Å². The molecule has 0 heterocycles. The molecule has 206 valence electrons. The van der Waals surface area contributed by atoms with E-state index in [1.165, 1.54) is 0 Å². The molecule has 4 N–H and O–H groups in total. The molecule has 3 fully saturated rings. The minimum Gasteiger partial charge on any atom is -0.390 e. The standard InChI is InChI=1S/C29H48O7/c1-25(2,32)11-10-24(36-7)28(5,33)23-9-13-29(34)18-14-20(30)19-15-21(31)22(35-6)16-26(19,3)17(18)8-12-27(23,29)4/h14,17,19,21-24,31-34H,8-13,15-16H2,1-7H3/t17?,19-,21+,22-,23?,24+,26+,27+,28-,29+/m0/s1. The molecular formula is C29H48O7. The molecule has 4 rings (SSSR count). The Morgan fingerprint density at radius 2 is 1.78 bits per heavy atom. The van der Waals surface area contributed by atoms with Gasteiger partial charge in [0.25, 0.3) is 0 Å². The van der Waals surface area contributed by atoms with Crippen molar-refractivity contribution in [2.45, 2.75) is 121 Å². The number of carbonyl (C=O) groups excluding carboxylic acids is 1. The average molecular weight is 509 g/mol. The molecule has 0 spiro atoms. The van der Waals surface area contributed by atoms with Gasteiger partial charge in [0.2, 0.25) is 0 Å². The second-order valence-corrected chi connectivity index (χ2v) is 13.6. The number of rotatable bonds is 7. The predicted molar refractivity (Wildman–Crippen MR) is 136 cm³/mol. The molecule has 7 nitrogen and oxygen atoms in total. The van der Waals surface area contributed by atoms with Crippen molar-refractivity contribution in [1.29, 1.82) is 0 Å². The first kappa shape index (κ1) is 28.2. The van der Waals surface area contributed by atoms with Gasteiger partial charge < -0.3 is 29.9 Å². The van der Waals surface area contributed by atoms with Gasteiger partial charge in [-0.1, -0.05) is 13.8 Å². The van der Waals surface area contributed by atoms with E-state index in [1.807, 2.05) is 6.92 Å². The number of hydrogen-bond donors (Lipinski definition) is 4. The van der Waals surface area contributed by atoms with Crippen LogP contribution in [0.4, 0.5) is 0 Å². The van der Waals surface area contributed by atoms with Gasteiger partial charge in [-0.3, -0.25) is 4.79 Å². The number of aliphatic hydroxyl groups is 4. The Bertz CT molecular complexity index is 891. The van der Waals surface area contributed by atoms with Crippen LogP contribution in [-0.4, -0.2) is 75.5 Å². The number of aliphatic hydroxyl groups excluding tert-OH is 1. The Morgan fingerprint density at radius 1 is 1.11 bits per heavy atom. The Balaban J connectivity index is 1.68. The summed E-state index contributed by atoms with van der Waals surface area (Å²) in [6.07, 6.45) is 4.82. The van der Waals surface area contributed by atoms with Gasteiger partial charge in [0.15, 0.2) is 5.78 Å². The van der Waals surface area contributed by atoms with Crippen LogP contribution in [0.2, 0.25) is 0 Å². The van der Waals surface area contributed by atoms with Gasteiger partial charge in [-0.05, 0) is 101 Å². The van der Waals surface area contributed by atoms with Crippen LogP contribution in [0.1, 0.15) is 86.0 Å². The molecule has 0 amide bonds. The highest BCUT2D eigenvalue weighted by Gasteiger charge is 2.69. The van der Waals surface area contributed by atoms with Crippen molar-refractivity contribution in [2.75, 3.05) is 14.2 Å². The molecule has 0 aromatic rings. The molecule has 4 aliphatic rings. The normalized spacial score (nSPS) is 45.2. The van der Waals surface area contributed by atoms with Crippen molar-refractivity contribution in [3.05, 3.63) is 11.6 Å². The third-order valence-electron chi connectivity index (χ3n) is 11.1. The van der Waals surface area contributed by atoms with Crippen molar-refractivity contribution in [3.8, 4) is 0 Å². The summed E-state index contributed by atoms with van der Waals surface area (Å²) in [6, 6.07) is 0. The highest BCUT2D eigenvalue weighted by atomic mass is 16.5. The maximum absolute atomic E-state index is 13.4. The number of ether oxygens (including phenoxy) is 2. The van der Waals surface area contributed by atoms with E-state index < -0.39 is 34.4 Å². The Morgan fingerprint density at radius 3 is 2.36 bits per heavy atom. The topological polar surface area (TPSA) is 116 Å². The van der Waals surface area contributed by atoms with E-state index in [4.69, 9.17) is 9.47 Å². The molecule has 2 unspecified atom stereocenters. The van der Waals surface area contributed by atoms with E-state index in [0.29, 0.717) is 38.5 Å². The maximum Gasteiger partial charge on any atom is 0.159 e. The zero-order valence-electron chi connectivity index (χ0n) is 23.2.